The molecule has 0 spiro atoms. The minimum absolute atomic E-state index is 0.137. The van der Waals surface area contributed by atoms with Gasteiger partial charge in [-0.05, 0) is 43.2 Å². The summed E-state index contributed by atoms with van der Waals surface area (Å²) in [5.74, 6) is 0. The van der Waals surface area contributed by atoms with Crippen molar-refractivity contribution in [2.24, 2.45) is 0 Å². The number of carbonyl (C=O) groups excluding carboxylic acids is 1. The molecule has 0 bridgehead atoms. The highest BCUT2D eigenvalue weighted by Crippen LogP contribution is 2.32. The second-order valence-electron chi connectivity index (χ2n) is 8.15. The molecular formula is C22H21BN2O6S. The Balaban J connectivity index is 1.36. The molecule has 0 atom stereocenters. The van der Waals surface area contributed by atoms with Crippen molar-refractivity contribution in [1.82, 2.24) is 4.31 Å². The van der Waals surface area contributed by atoms with Crippen LogP contribution in [0, 0.1) is 0 Å². The van der Waals surface area contributed by atoms with E-state index in [2.05, 4.69) is 0 Å². The highest BCUT2D eigenvalue weighted by Gasteiger charge is 2.37. The molecule has 2 aliphatic rings. The summed E-state index contributed by atoms with van der Waals surface area (Å²) in [5.41, 5.74) is 2.75. The normalized spacial score (nSPS) is 17.9. The fourth-order valence-electron chi connectivity index (χ4n) is 4.42. The van der Waals surface area contributed by atoms with Gasteiger partial charge in [0.15, 0.2) is 0 Å². The van der Waals surface area contributed by atoms with Crippen molar-refractivity contribution in [2.75, 3.05) is 18.0 Å². The molecule has 32 heavy (non-hydrogen) atoms. The Labute approximate surface area is 185 Å². The monoisotopic (exact) mass is 452 g/mol. The summed E-state index contributed by atoms with van der Waals surface area (Å²) >= 11 is 0. The van der Waals surface area contributed by atoms with E-state index in [-0.39, 0.29) is 17.5 Å². The van der Waals surface area contributed by atoms with Crippen LogP contribution in [0.25, 0.3) is 11.0 Å². The largest absolute Gasteiger partial charge is 0.444 e. The van der Waals surface area contributed by atoms with Gasteiger partial charge in [-0.25, -0.2) is 18.0 Å². The maximum atomic E-state index is 13.2. The lowest BCUT2D eigenvalue weighted by atomic mass is 9.92. The van der Waals surface area contributed by atoms with Gasteiger partial charge in [-0.1, -0.05) is 17.6 Å². The van der Waals surface area contributed by atoms with Gasteiger partial charge in [-0.15, -0.1) is 0 Å². The molecule has 2 aliphatic heterocycles. The van der Waals surface area contributed by atoms with E-state index in [1.165, 1.54) is 28.6 Å². The van der Waals surface area contributed by atoms with Crippen LogP contribution in [0.4, 0.5) is 10.5 Å². The van der Waals surface area contributed by atoms with E-state index in [0.29, 0.717) is 36.9 Å². The fraction of sp³-hybridized carbons (Fsp3) is 0.273. The highest BCUT2D eigenvalue weighted by atomic mass is 32.2. The van der Waals surface area contributed by atoms with Crippen LogP contribution in [0.1, 0.15) is 18.4 Å². The number of rotatable bonds is 3. The number of anilines is 1. The molecule has 2 aromatic carbocycles. The molecule has 5 rings (SSSR count). The molecule has 0 radical (unpaired) electrons. The summed E-state index contributed by atoms with van der Waals surface area (Å²) in [5, 5.41) is 0.545. The van der Waals surface area contributed by atoms with Crippen molar-refractivity contribution < 1.29 is 22.4 Å². The van der Waals surface area contributed by atoms with Crippen LogP contribution in [0.2, 0.25) is 0 Å². The van der Waals surface area contributed by atoms with E-state index < -0.39 is 21.7 Å². The first-order valence-electron chi connectivity index (χ1n) is 10.4. The average Bonchev–Trinajstić information content (AvgIpc) is 2.79. The topological polar surface area (TPSA) is 97.1 Å². The smallest absolute Gasteiger partial charge is 0.414 e. The molecule has 0 unspecified atom stereocenters. The quantitative estimate of drug-likeness (QED) is 0.440. The number of cyclic esters (lactones) is 1. The third-order valence-corrected chi connectivity index (χ3v) is 7.95. The van der Waals surface area contributed by atoms with Crippen LogP contribution >= 0.6 is 0 Å². The van der Waals surface area contributed by atoms with Crippen LogP contribution < -0.4 is 16.0 Å². The zero-order valence-electron chi connectivity index (χ0n) is 17.5. The Morgan fingerprint density at radius 2 is 1.75 bits per heavy atom. The van der Waals surface area contributed by atoms with Crippen molar-refractivity contribution in [2.45, 2.75) is 30.4 Å². The second kappa shape index (κ2) is 7.79. The molecular weight excluding hydrogens is 431 g/mol. The zero-order valence-corrected chi connectivity index (χ0v) is 18.3. The van der Waals surface area contributed by atoms with Crippen LogP contribution in [-0.2, 0) is 21.4 Å². The van der Waals surface area contributed by atoms with Gasteiger partial charge >= 0.3 is 11.7 Å². The van der Waals surface area contributed by atoms with Crippen molar-refractivity contribution in [3.63, 3.8) is 0 Å². The second-order valence-corrected chi connectivity index (χ2v) is 10.1. The fourth-order valence-corrected chi connectivity index (χ4v) is 5.92. The molecule has 164 valence electrons. The van der Waals surface area contributed by atoms with Gasteiger partial charge in [0, 0.05) is 36.1 Å². The van der Waals surface area contributed by atoms with Crippen LogP contribution in [-0.4, -0.2) is 45.8 Å². The molecule has 1 amide bonds. The molecule has 0 saturated carbocycles. The van der Waals surface area contributed by atoms with Gasteiger partial charge in [0.25, 0.3) is 0 Å². The van der Waals surface area contributed by atoms with Gasteiger partial charge in [-0.2, -0.15) is 4.31 Å². The lowest BCUT2D eigenvalue weighted by Crippen LogP contribution is -2.50. The lowest BCUT2D eigenvalue weighted by molar-refractivity contribution is 0.136. The summed E-state index contributed by atoms with van der Waals surface area (Å²) in [7, 11) is -1.73. The number of nitrogens with zero attached hydrogens (tertiary/aromatic N) is 2. The van der Waals surface area contributed by atoms with Gasteiger partial charge in [-0.3, -0.25) is 4.90 Å². The summed E-state index contributed by atoms with van der Waals surface area (Å²) in [6.07, 6.45) is 0.618. The molecule has 0 aliphatic carbocycles. The first-order valence-corrected chi connectivity index (χ1v) is 11.9. The maximum Gasteiger partial charge on any atom is 0.414 e. The first-order chi connectivity index (χ1) is 15.3. The molecule has 0 N–H and O–H groups in total. The Morgan fingerprint density at radius 3 is 2.53 bits per heavy atom. The number of benzene rings is 2. The van der Waals surface area contributed by atoms with Gasteiger partial charge < -0.3 is 9.15 Å². The summed E-state index contributed by atoms with van der Waals surface area (Å²) in [6, 6.07) is 13.0. The predicted octanol–water partition coefficient (Wildman–Crippen LogP) is 1.36. The molecule has 10 heteroatoms. The summed E-state index contributed by atoms with van der Waals surface area (Å²) in [6.45, 7) is 0.835. The average molecular weight is 452 g/mol. The number of fused-ring (bicyclic) bond motifs is 2. The minimum atomic E-state index is -3.72. The number of hydrogen-bond acceptors (Lipinski definition) is 6. The van der Waals surface area contributed by atoms with E-state index in [1.54, 1.807) is 11.0 Å². The number of amides is 1. The van der Waals surface area contributed by atoms with Gasteiger partial charge in [0.05, 0.1) is 10.6 Å². The van der Waals surface area contributed by atoms with E-state index >= 15 is 0 Å². The first kappa shape index (κ1) is 20.8. The van der Waals surface area contributed by atoms with Crippen LogP contribution in [0.15, 0.2) is 62.6 Å². The van der Waals surface area contributed by atoms with Gasteiger partial charge in [0.2, 0.25) is 10.0 Å². The number of carbonyl (C=O) groups is 1. The molecule has 1 fully saturated rings. The number of sulfonamides is 1. The molecule has 1 aromatic heterocycles. The van der Waals surface area contributed by atoms with Crippen LogP contribution in [0.5, 0.6) is 0 Å². The Kier molecular flexibility index (Phi) is 5.06. The Morgan fingerprint density at radius 1 is 0.969 bits per heavy atom. The molecule has 8 nitrogen and oxygen atoms in total. The standard InChI is InChI=1S/C22H21BN2O6S/c23-16-2-4-19-15(11-16)13-30-22(27)25(19)17-7-9-24(10-8-17)32(28,29)18-3-5-20-14(12-18)1-6-21(26)31-20/h1-6,11-12,17H,7-10,13,23H2. The van der Waals surface area contributed by atoms with Crippen molar-refractivity contribution >= 4 is 46.1 Å². The number of piperidine rings is 1. The summed E-state index contributed by atoms with van der Waals surface area (Å²) in [4.78, 5) is 25.7. The molecule has 3 aromatic rings. The van der Waals surface area contributed by atoms with E-state index in [9.17, 15) is 18.0 Å². The van der Waals surface area contributed by atoms with E-state index in [0.717, 1.165) is 16.7 Å². The minimum Gasteiger partial charge on any atom is -0.444 e. The third-order valence-electron chi connectivity index (χ3n) is 6.06. The maximum absolute atomic E-state index is 13.2. The van der Waals surface area contributed by atoms with Gasteiger partial charge in [0.1, 0.15) is 20.0 Å². The molecule has 1 saturated heterocycles. The zero-order chi connectivity index (χ0) is 22.5. The highest BCUT2D eigenvalue weighted by molar-refractivity contribution is 7.89. The Hall–Kier alpha value is -3.11. The van der Waals surface area contributed by atoms with E-state index in [1.807, 2.05) is 26.0 Å². The third kappa shape index (κ3) is 3.59. The predicted molar refractivity (Wildman–Crippen MR) is 122 cm³/mol. The van der Waals surface area contributed by atoms with E-state index in [4.69, 9.17) is 9.15 Å². The SMILES string of the molecule is Bc1ccc2c(c1)COC(=O)N2C1CCN(S(=O)(=O)c2ccc3oc(=O)ccc3c2)CC1. The van der Waals surface area contributed by atoms with Crippen LogP contribution in [0.3, 0.4) is 0 Å². The molecule has 3 heterocycles. The van der Waals surface area contributed by atoms with Crippen molar-refractivity contribution in [3.05, 3.63) is 64.5 Å². The Bertz CT molecular complexity index is 1380. The number of ether oxygens (including phenoxy) is 1. The van der Waals surface area contributed by atoms with Crippen molar-refractivity contribution in [1.29, 1.82) is 0 Å². The van der Waals surface area contributed by atoms with Crippen molar-refractivity contribution in [3.8, 4) is 0 Å². The number of hydrogen-bond donors (Lipinski definition) is 0. The summed E-state index contributed by atoms with van der Waals surface area (Å²) < 4.78 is 38.3. The lowest BCUT2D eigenvalue weighted by Gasteiger charge is -2.39.